The van der Waals surface area contributed by atoms with Crippen molar-refractivity contribution in [1.29, 1.82) is 0 Å². The maximum absolute atomic E-state index is 13.9. The standard InChI is InChI=1S/C16H17F5O2/c17-15(18,14(23)16(19,20)21)13(22)10-5-8-4-9(10)12-7-2-1-6(3-7)11(8)12/h1-2,6-13,22H,3-5H2. The number of aliphatic hydroxyl groups is 1. The largest absolute Gasteiger partial charge is 0.456 e. The van der Waals surface area contributed by atoms with Gasteiger partial charge in [0.1, 0.15) is 6.10 Å². The van der Waals surface area contributed by atoms with E-state index in [1.54, 1.807) is 0 Å². The van der Waals surface area contributed by atoms with Crippen molar-refractivity contribution >= 4 is 5.78 Å². The van der Waals surface area contributed by atoms with Crippen molar-refractivity contribution < 1.29 is 31.9 Å². The predicted molar refractivity (Wildman–Crippen MR) is 69.4 cm³/mol. The van der Waals surface area contributed by atoms with Crippen LogP contribution in [0.15, 0.2) is 12.2 Å². The summed E-state index contributed by atoms with van der Waals surface area (Å²) >= 11 is 0. The molecule has 0 radical (unpaired) electrons. The van der Waals surface area contributed by atoms with Gasteiger partial charge in [-0.15, -0.1) is 0 Å². The Bertz CT molecular complexity index is 569. The summed E-state index contributed by atoms with van der Waals surface area (Å²) in [6, 6.07) is 0. The van der Waals surface area contributed by atoms with E-state index in [2.05, 4.69) is 12.2 Å². The zero-order valence-electron chi connectivity index (χ0n) is 12.1. The Balaban J connectivity index is 1.56. The van der Waals surface area contributed by atoms with Crippen LogP contribution in [0.4, 0.5) is 22.0 Å². The highest BCUT2D eigenvalue weighted by atomic mass is 19.4. The molecule has 23 heavy (non-hydrogen) atoms. The zero-order valence-corrected chi connectivity index (χ0v) is 12.1. The van der Waals surface area contributed by atoms with E-state index in [1.165, 1.54) is 0 Å². The van der Waals surface area contributed by atoms with Crippen molar-refractivity contribution in [3.8, 4) is 0 Å². The molecule has 0 aromatic rings. The molecule has 0 saturated heterocycles. The average molecular weight is 336 g/mol. The van der Waals surface area contributed by atoms with E-state index in [9.17, 15) is 31.9 Å². The van der Waals surface area contributed by atoms with Crippen LogP contribution >= 0.6 is 0 Å². The van der Waals surface area contributed by atoms with Crippen molar-refractivity contribution in [3.63, 3.8) is 0 Å². The summed E-state index contributed by atoms with van der Waals surface area (Å²) in [5.41, 5.74) is 0. The Kier molecular flexibility index (Phi) is 3.08. The fraction of sp³-hybridized carbons (Fsp3) is 0.812. The Morgan fingerprint density at radius 1 is 1.00 bits per heavy atom. The third-order valence-electron chi connectivity index (χ3n) is 6.66. The SMILES string of the molecule is O=C(C(F)(F)F)C(F)(F)C(O)C1CC2CC1C1C3C=CC(C3)C21. The van der Waals surface area contributed by atoms with Crippen LogP contribution in [-0.4, -0.2) is 29.1 Å². The predicted octanol–water partition coefficient (Wildman–Crippen LogP) is 3.21. The van der Waals surface area contributed by atoms with E-state index in [0.717, 1.165) is 6.42 Å². The molecule has 2 nitrogen and oxygen atoms in total. The number of halogens is 5. The number of ketones is 1. The maximum atomic E-state index is 13.9. The van der Waals surface area contributed by atoms with Gasteiger partial charge in [-0.1, -0.05) is 12.2 Å². The summed E-state index contributed by atoms with van der Waals surface area (Å²) in [7, 11) is 0. The van der Waals surface area contributed by atoms with Crippen molar-refractivity contribution in [2.45, 2.75) is 37.5 Å². The van der Waals surface area contributed by atoms with Gasteiger partial charge >= 0.3 is 17.9 Å². The fourth-order valence-electron chi connectivity index (χ4n) is 6.02. The van der Waals surface area contributed by atoms with E-state index in [4.69, 9.17) is 0 Å². The molecule has 3 fully saturated rings. The number of carbonyl (C=O) groups is 1. The molecule has 0 spiro atoms. The van der Waals surface area contributed by atoms with Crippen molar-refractivity contribution in [2.75, 3.05) is 0 Å². The fourth-order valence-corrected chi connectivity index (χ4v) is 6.02. The molecule has 8 unspecified atom stereocenters. The normalized spacial score (nSPS) is 45.6. The second kappa shape index (κ2) is 4.55. The number of rotatable bonds is 3. The Hall–Kier alpha value is -0.980. The third kappa shape index (κ3) is 1.98. The topological polar surface area (TPSA) is 37.3 Å². The lowest BCUT2D eigenvalue weighted by molar-refractivity contribution is -0.214. The van der Waals surface area contributed by atoms with Gasteiger partial charge in [0.15, 0.2) is 0 Å². The first-order valence-electron chi connectivity index (χ1n) is 7.98. The number of Topliss-reactive ketones (excluding diaryl/α,β-unsaturated/α-hetero) is 1. The highest BCUT2D eigenvalue weighted by Gasteiger charge is 2.67. The molecule has 0 aromatic carbocycles. The molecule has 3 saturated carbocycles. The maximum Gasteiger partial charge on any atom is 0.456 e. The van der Waals surface area contributed by atoms with Gasteiger partial charge in [0.2, 0.25) is 0 Å². The van der Waals surface area contributed by atoms with E-state index in [0.29, 0.717) is 30.6 Å². The molecule has 0 aromatic heterocycles. The number of carbonyl (C=O) groups excluding carboxylic acids is 1. The lowest BCUT2D eigenvalue weighted by Crippen LogP contribution is -2.53. The summed E-state index contributed by atoms with van der Waals surface area (Å²) in [4.78, 5) is 11.0. The number of hydrogen-bond acceptors (Lipinski definition) is 2. The summed E-state index contributed by atoms with van der Waals surface area (Å²) in [6.45, 7) is 0. The molecule has 1 N–H and O–H groups in total. The molecule has 4 bridgehead atoms. The first kappa shape index (κ1) is 15.5. The van der Waals surface area contributed by atoms with Gasteiger partial charge in [-0.05, 0) is 60.7 Å². The molecular formula is C16H17F5O2. The van der Waals surface area contributed by atoms with Gasteiger partial charge in [0.05, 0.1) is 0 Å². The number of alkyl halides is 5. The molecule has 0 heterocycles. The molecule has 4 aliphatic carbocycles. The number of fused-ring (bicyclic) bond motifs is 9. The molecule has 0 aliphatic heterocycles. The van der Waals surface area contributed by atoms with Crippen LogP contribution in [-0.2, 0) is 4.79 Å². The van der Waals surface area contributed by atoms with Crippen LogP contribution in [0, 0.1) is 41.4 Å². The monoisotopic (exact) mass is 336 g/mol. The summed E-state index contributed by atoms with van der Waals surface area (Å²) in [5.74, 6) is -7.49. The molecule has 7 heteroatoms. The number of allylic oxidation sites excluding steroid dienone is 2. The molecule has 128 valence electrons. The van der Waals surface area contributed by atoms with E-state index in [1.807, 2.05) is 0 Å². The van der Waals surface area contributed by atoms with Crippen LogP contribution in [0.3, 0.4) is 0 Å². The first-order chi connectivity index (χ1) is 10.6. The van der Waals surface area contributed by atoms with Gasteiger partial charge in [-0.3, -0.25) is 4.79 Å². The minimum atomic E-state index is -5.64. The minimum absolute atomic E-state index is 0.181. The highest BCUT2D eigenvalue weighted by molar-refractivity contribution is 5.91. The van der Waals surface area contributed by atoms with E-state index in [-0.39, 0.29) is 17.8 Å². The Morgan fingerprint density at radius 3 is 2.22 bits per heavy atom. The van der Waals surface area contributed by atoms with E-state index >= 15 is 0 Å². The van der Waals surface area contributed by atoms with Crippen LogP contribution < -0.4 is 0 Å². The molecular weight excluding hydrogens is 319 g/mol. The second-order valence-corrected chi connectivity index (χ2v) is 7.56. The van der Waals surface area contributed by atoms with Gasteiger partial charge in [0.25, 0.3) is 0 Å². The molecule has 4 aliphatic rings. The quantitative estimate of drug-likeness (QED) is 0.488. The number of aliphatic hydroxyl groups excluding tert-OH is 1. The van der Waals surface area contributed by atoms with Gasteiger partial charge in [0, 0.05) is 0 Å². The lowest BCUT2D eigenvalue weighted by atomic mass is 9.67. The molecule has 0 amide bonds. The second-order valence-electron chi connectivity index (χ2n) is 7.56. The van der Waals surface area contributed by atoms with Crippen LogP contribution in [0.1, 0.15) is 19.3 Å². The molecule has 4 rings (SSSR count). The smallest absolute Gasteiger partial charge is 0.386 e. The lowest BCUT2D eigenvalue weighted by Gasteiger charge is -2.40. The van der Waals surface area contributed by atoms with Crippen LogP contribution in [0.5, 0.6) is 0 Å². The van der Waals surface area contributed by atoms with Crippen molar-refractivity contribution in [1.82, 2.24) is 0 Å². The summed E-state index contributed by atoms with van der Waals surface area (Å²) in [6.07, 6.45) is -1.97. The Morgan fingerprint density at radius 2 is 1.61 bits per heavy atom. The highest BCUT2D eigenvalue weighted by Crippen LogP contribution is 2.67. The van der Waals surface area contributed by atoms with Gasteiger partial charge < -0.3 is 5.11 Å². The minimum Gasteiger partial charge on any atom is -0.386 e. The van der Waals surface area contributed by atoms with Crippen molar-refractivity contribution in [2.24, 2.45) is 41.4 Å². The van der Waals surface area contributed by atoms with Gasteiger partial charge in [-0.2, -0.15) is 22.0 Å². The molecule has 8 atom stereocenters. The van der Waals surface area contributed by atoms with Crippen LogP contribution in [0.25, 0.3) is 0 Å². The zero-order chi connectivity index (χ0) is 16.7. The summed E-state index contributed by atoms with van der Waals surface area (Å²) < 4.78 is 64.9. The average Bonchev–Trinajstić information content (AvgIpc) is 3.21. The van der Waals surface area contributed by atoms with Crippen molar-refractivity contribution in [3.05, 3.63) is 12.2 Å². The van der Waals surface area contributed by atoms with Gasteiger partial charge in [-0.25, -0.2) is 0 Å². The van der Waals surface area contributed by atoms with Crippen LogP contribution in [0.2, 0.25) is 0 Å². The third-order valence-corrected chi connectivity index (χ3v) is 6.66. The first-order valence-corrected chi connectivity index (χ1v) is 7.98. The Labute approximate surface area is 129 Å². The summed E-state index contributed by atoms with van der Waals surface area (Å²) in [5, 5.41) is 9.93. The number of hydrogen-bond donors (Lipinski definition) is 1. The van der Waals surface area contributed by atoms with E-state index < -0.39 is 29.9 Å².